The summed E-state index contributed by atoms with van der Waals surface area (Å²) in [6.45, 7) is 0. The Morgan fingerprint density at radius 3 is 2.96 bits per heavy atom. The Morgan fingerprint density at radius 2 is 2.12 bits per heavy atom. The number of thiazole rings is 1. The van der Waals surface area contributed by atoms with Crippen LogP contribution in [0.3, 0.4) is 0 Å². The van der Waals surface area contributed by atoms with Crippen LogP contribution in [0, 0.1) is 0 Å². The van der Waals surface area contributed by atoms with Gasteiger partial charge in [-0.15, -0.1) is 15.3 Å². The predicted octanol–water partition coefficient (Wildman–Crippen LogP) is 3.43. The Hall–Kier alpha value is -2.39. The van der Waals surface area contributed by atoms with Gasteiger partial charge in [-0.2, -0.15) is 4.52 Å². The van der Waals surface area contributed by atoms with E-state index in [9.17, 15) is 0 Å². The van der Waals surface area contributed by atoms with Gasteiger partial charge in [-0.3, -0.25) is 0 Å². The standard InChI is InChI=1S/C16H15N7S2/c17-15-19-11-5-4-10(8-12(11)25-15)24-16-21-20-14-7-6-13(22-23(14)16)18-9-2-1-3-9/h4-9H,1-3H2,(H2,17,19)(H,18,22). The molecule has 1 aromatic carbocycles. The number of anilines is 2. The molecular formula is C16H15N7S2. The molecule has 1 fully saturated rings. The Balaban J connectivity index is 1.46. The summed E-state index contributed by atoms with van der Waals surface area (Å²) < 4.78 is 2.85. The molecule has 0 bridgehead atoms. The van der Waals surface area contributed by atoms with Gasteiger partial charge in [0, 0.05) is 10.9 Å². The number of hydrogen-bond acceptors (Lipinski definition) is 8. The summed E-state index contributed by atoms with van der Waals surface area (Å²) in [7, 11) is 0. The summed E-state index contributed by atoms with van der Waals surface area (Å²) in [4.78, 5) is 5.35. The molecule has 3 N–H and O–H groups in total. The van der Waals surface area contributed by atoms with Crippen LogP contribution in [-0.2, 0) is 0 Å². The molecule has 0 radical (unpaired) electrons. The van der Waals surface area contributed by atoms with E-state index in [0.717, 1.165) is 31.7 Å². The Morgan fingerprint density at radius 1 is 1.20 bits per heavy atom. The molecule has 7 nitrogen and oxygen atoms in total. The van der Waals surface area contributed by atoms with Crippen molar-refractivity contribution in [3.63, 3.8) is 0 Å². The molecule has 1 aliphatic rings. The minimum absolute atomic E-state index is 0.539. The minimum Gasteiger partial charge on any atom is -0.375 e. The van der Waals surface area contributed by atoms with Crippen molar-refractivity contribution >= 4 is 49.9 Å². The highest BCUT2D eigenvalue weighted by atomic mass is 32.2. The van der Waals surface area contributed by atoms with Crippen LogP contribution in [0.4, 0.5) is 10.9 Å². The lowest BCUT2D eigenvalue weighted by molar-refractivity contribution is 0.443. The molecule has 0 spiro atoms. The number of fused-ring (bicyclic) bond motifs is 2. The van der Waals surface area contributed by atoms with Crippen LogP contribution >= 0.6 is 23.1 Å². The van der Waals surface area contributed by atoms with E-state index in [1.165, 1.54) is 42.4 Å². The number of rotatable bonds is 4. The average molecular weight is 369 g/mol. The topological polar surface area (TPSA) is 94.0 Å². The molecule has 0 atom stereocenters. The van der Waals surface area contributed by atoms with Gasteiger partial charge in [0.05, 0.1) is 10.2 Å². The Kier molecular flexibility index (Phi) is 3.49. The number of nitrogens with two attached hydrogens (primary N) is 1. The van der Waals surface area contributed by atoms with Gasteiger partial charge >= 0.3 is 0 Å². The predicted molar refractivity (Wildman–Crippen MR) is 100 cm³/mol. The van der Waals surface area contributed by atoms with E-state index >= 15 is 0 Å². The molecule has 126 valence electrons. The molecule has 9 heteroatoms. The summed E-state index contributed by atoms with van der Waals surface area (Å²) in [6.07, 6.45) is 3.71. The molecule has 0 amide bonds. The van der Waals surface area contributed by atoms with Crippen LogP contribution in [0.15, 0.2) is 40.4 Å². The second kappa shape index (κ2) is 5.85. The molecule has 4 aromatic rings. The fourth-order valence-corrected chi connectivity index (χ4v) is 4.44. The summed E-state index contributed by atoms with van der Waals surface area (Å²) in [6, 6.07) is 10.5. The van der Waals surface area contributed by atoms with Crippen molar-refractivity contribution < 1.29 is 0 Å². The van der Waals surface area contributed by atoms with E-state index in [0.29, 0.717) is 11.2 Å². The number of hydrogen-bond donors (Lipinski definition) is 2. The molecule has 25 heavy (non-hydrogen) atoms. The fourth-order valence-electron chi connectivity index (χ4n) is 2.76. The van der Waals surface area contributed by atoms with E-state index in [1.807, 2.05) is 24.3 Å². The molecule has 5 rings (SSSR count). The van der Waals surface area contributed by atoms with Crippen molar-refractivity contribution in [1.29, 1.82) is 0 Å². The maximum atomic E-state index is 5.78. The quantitative estimate of drug-likeness (QED) is 0.569. The maximum absolute atomic E-state index is 5.78. The van der Waals surface area contributed by atoms with E-state index in [2.05, 4.69) is 31.7 Å². The molecule has 0 unspecified atom stereocenters. The van der Waals surface area contributed by atoms with Crippen molar-refractivity contribution in [3.8, 4) is 0 Å². The van der Waals surface area contributed by atoms with E-state index in [1.54, 1.807) is 4.52 Å². The lowest BCUT2D eigenvalue weighted by Crippen LogP contribution is -2.27. The smallest absolute Gasteiger partial charge is 0.217 e. The zero-order chi connectivity index (χ0) is 16.8. The largest absolute Gasteiger partial charge is 0.375 e. The molecular weight excluding hydrogens is 354 g/mol. The van der Waals surface area contributed by atoms with Gasteiger partial charge in [-0.05, 0) is 61.4 Å². The zero-order valence-electron chi connectivity index (χ0n) is 13.2. The van der Waals surface area contributed by atoms with Gasteiger partial charge in [-0.25, -0.2) is 4.98 Å². The summed E-state index contributed by atoms with van der Waals surface area (Å²) in [5.41, 5.74) is 7.44. The molecule has 0 saturated heterocycles. The molecule has 1 saturated carbocycles. The second-order valence-corrected chi connectivity index (χ2v) is 8.13. The van der Waals surface area contributed by atoms with Crippen LogP contribution in [0.25, 0.3) is 15.9 Å². The van der Waals surface area contributed by atoms with E-state index in [4.69, 9.17) is 5.73 Å². The number of benzene rings is 1. The van der Waals surface area contributed by atoms with Gasteiger partial charge in [-0.1, -0.05) is 11.3 Å². The van der Waals surface area contributed by atoms with Crippen molar-refractivity contribution in [3.05, 3.63) is 30.3 Å². The van der Waals surface area contributed by atoms with Gasteiger partial charge in [0.2, 0.25) is 5.16 Å². The van der Waals surface area contributed by atoms with Gasteiger partial charge in [0.1, 0.15) is 5.82 Å². The van der Waals surface area contributed by atoms with Crippen LogP contribution in [0.1, 0.15) is 19.3 Å². The Labute approximate surface area is 151 Å². The third-order valence-corrected chi connectivity index (χ3v) is 6.05. The third kappa shape index (κ3) is 2.79. The first kappa shape index (κ1) is 14.9. The SMILES string of the molecule is Nc1nc2ccc(Sc3nnc4ccc(NC5CCC5)nn34)cc2s1. The monoisotopic (exact) mass is 369 g/mol. The first-order valence-electron chi connectivity index (χ1n) is 8.07. The lowest BCUT2D eigenvalue weighted by atomic mass is 9.93. The van der Waals surface area contributed by atoms with E-state index in [-0.39, 0.29) is 0 Å². The first-order chi connectivity index (χ1) is 12.2. The lowest BCUT2D eigenvalue weighted by Gasteiger charge is -2.26. The fraction of sp³-hybridized carbons (Fsp3) is 0.250. The van der Waals surface area contributed by atoms with E-state index < -0.39 is 0 Å². The zero-order valence-corrected chi connectivity index (χ0v) is 14.8. The first-order valence-corrected chi connectivity index (χ1v) is 9.71. The van der Waals surface area contributed by atoms with Crippen LogP contribution < -0.4 is 11.1 Å². The highest BCUT2D eigenvalue weighted by Gasteiger charge is 2.18. The molecule has 1 aliphatic carbocycles. The average Bonchev–Trinajstić information content (AvgIpc) is 3.13. The van der Waals surface area contributed by atoms with Crippen LogP contribution in [-0.4, -0.2) is 30.8 Å². The number of aromatic nitrogens is 5. The molecule has 3 aromatic heterocycles. The minimum atomic E-state index is 0.539. The van der Waals surface area contributed by atoms with Gasteiger partial charge in [0.25, 0.3) is 0 Å². The normalized spacial score (nSPS) is 14.9. The van der Waals surface area contributed by atoms with Crippen molar-refractivity contribution in [2.75, 3.05) is 11.1 Å². The highest BCUT2D eigenvalue weighted by molar-refractivity contribution is 7.99. The molecule has 3 heterocycles. The van der Waals surface area contributed by atoms with Crippen LogP contribution in [0.2, 0.25) is 0 Å². The second-order valence-electron chi connectivity index (χ2n) is 6.03. The maximum Gasteiger partial charge on any atom is 0.217 e. The molecule has 0 aliphatic heterocycles. The Bertz CT molecular complexity index is 1070. The van der Waals surface area contributed by atoms with Crippen LogP contribution in [0.5, 0.6) is 0 Å². The summed E-state index contributed by atoms with van der Waals surface area (Å²) in [5, 5.41) is 17.9. The van der Waals surface area contributed by atoms with Crippen molar-refractivity contribution in [2.45, 2.75) is 35.4 Å². The van der Waals surface area contributed by atoms with Crippen molar-refractivity contribution in [2.24, 2.45) is 0 Å². The third-order valence-electron chi connectivity index (χ3n) is 4.28. The summed E-state index contributed by atoms with van der Waals surface area (Å²) >= 11 is 3.02. The van der Waals surface area contributed by atoms with Gasteiger partial charge in [0.15, 0.2) is 10.8 Å². The highest BCUT2D eigenvalue weighted by Crippen LogP contribution is 2.32. The number of nitrogens with one attached hydrogen (secondary N) is 1. The number of nitrogens with zero attached hydrogens (tertiary/aromatic N) is 5. The van der Waals surface area contributed by atoms with Gasteiger partial charge < -0.3 is 11.1 Å². The summed E-state index contributed by atoms with van der Waals surface area (Å²) in [5.74, 6) is 0.865. The number of nitrogen functional groups attached to an aromatic ring is 1. The van der Waals surface area contributed by atoms with Crippen molar-refractivity contribution in [1.82, 2.24) is 24.8 Å².